The molecular weight excluding hydrogens is 271 g/mol. The molecule has 0 aliphatic carbocycles. The van der Waals surface area contributed by atoms with E-state index in [2.05, 4.69) is 15.9 Å². The summed E-state index contributed by atoms with van der Waals surface area (Å²) in [5, 5.41) is 0.759. The van der Waals surface area contributed by atoms with E-state index < -0.39 is 0 Å². The van der Waals surface area contributed by atoms with Crippen molar-refractivity contribution in [3.63, 3.8) is 0 Å². The van der Waals surface area contributed by atoms with Crippen LogP contribution in [0.25, 0.3) is 0 Å². The van der Waals surface area contributed by atoms with Gasteiger partial charge >= 0.3 is 0 Å². The van der Waals surface area contributed by atoms with E-state index in [4.69, 9.17) is 4.74 Å². The van der Waals surface area contributed by atoms with Gasteiger partial charge in [-0.1, -0.05) is 34.1 Å². The Morgan fingerprint density at radius 3 is 2.56 bits per heavy atom. The molecule has 0 N–H and O–H groups in total. The minimum absolute atomic E-state index is 0.128. The number of rotatable bonds is 6. The van der Waals surface area contributed by atoms with Gasteiger partial charge in [0.1, 0.15) is 5.82 Å². The topological polar surface area (TPSA) is 9.23 Å². The summed E-state index contributed by atoms with van der Waals surface area (Å²) in [5.41, 5.74) is 0.770. The smallest absolute Gasteiger partial charge is 0.126 e. The van der Waals surface area contributed by atoms with Gasteiger partial charge in [-0.2, -0.15) is 0 Å². The molecule has 1 aromatic rings. The van der Waals surface area contributed by atoms with Gasteiger partial charge in [0, 0.05) is 11.9 Å². The third-order valence-corrected chi connectivity index (χ3v) is 3.23. The molecule has 0 amide bonds. The lowest BCUT2D eigenvalue weighted by molar-refractivity contribution is 0.0743. The summed E-state index contributed by atoms with van der Waals surface area (Å²) in [7, 11) is 0. The summed E-state index contributed by atoms with van der Waals surface area (Å²) in [6.45, 7) is 4.68. The van der Waals surface area contributed by atoms with Crippen molar-refractivity contribution in [2.75, 3.05) is 11.9 Å². The maximum Gasteiger partial charge on any atom is 0.126 e. The van der Waals surface area contributed by atoms with E-state index in [1.165, 1.54) is 6.07 Å². The lowest BCUT2D eigenvalue weighted by Crippen LogP contribution is -2.10. The van der Waals surface area contributed by atoms with Crippen LogP contribution in [-0.2, 0) is 4.74 Å². The molecule has 0 saturated carbocycles. The van der Waals surface area contributed by atoms with Gasteiger partial charge < -0.3 is 4.74 Å². The molecule has 0 fully saturated rings. The lowest BCUT2D eigenvalue weighted by Gasteiger charge is -2.16. The van der Waals surface area contributed by atoms with E-state index in [-0.39, 0.29) is 17.8 Å². The Morgan fingerprint density at radius 2 is 2.00 bits per heavy atom. The van der Waals surface area contributed by atoms with Crippen LogP contribution in [0.1, 0.15) is 31.7 Å². The first kappa shape index (κ1) is 13.7. The Balaban J connectivity index is 2.57. The van der Waals surface area contributed by atoms with E-state index >= 15 is 0 Å². The number of benzene rings is 1. The van der Waals surface area contributed by atoms with Crippen LogP contribution in [0.5, 0.6) is 0 Å². The predicted molar refractivity (Wildman–Crippen MR) is 68.6 cm³/mol. The van der Waals surface area contributed by atoms with Crippen LogP contribution < -0.4 is 0 Å². The van der Waals surface area contributed by atoms with Crippen LogP contribution in [0.4, 0.5) is 4.39 Å². The third kappa shape index (κ3) is 4.22. The van der Waals surface area contributed by atoms with Crippen molar-refractivity contribution in [3.05, 3.63) is 35.6 Å². The SMILES string of the molecule is CC(C)OCCC(CBr)c1ccccc1F. The van der Waals surface area contributed by atoms with Gasteiger partial charge in [0.2, 0.25) is 0 Å². The van der Waals surface area contributed by atoms with Crippen molar-refractivity contribution in [3.8, 4) is 0 Å². The second-order valence-corrected chi connectivity index (χ2v) is 4.73. The Bertz CT molecular complexity index is 315. The standard InChI is InChI=1S/C13H18BrFO/c1-10(2)16-8-7-11(9-14)12-5-3-4-6-13(12)15/h3-6,10-11H,7-9H2,1-2H3. The van der Waals surface area contributed by atoms with E-state index in [0.717, 1.165) is 17.3 Å². The van der Waals surface area contributed by atoms with Crippen molar-refractivity contribution >= 4 is 15.9 Å². The molecule has 0 spiro atoms. The fraction of sp³-hybridized carbons (Fsp3) is 0.538. The molecule has 0 aliphatic heterocycles. The monoisotopic (exact) mass is 288 g/mol. The molecule has 16 heavy (non-hydrogen) atoms. The van der Waals surface area contributed by atoms with Crippen molar-refractivity contribution in [2.45, 2.75) is 32.3 Å². The molecule has 1 unspecified atom stereocenters. The molecule has 1 rings (SSSR count). The van der Waals surface area contributed by atoms with Crippen LogP contribution in [0, 0.1) is 5.82 Å². The number of ether oxygens (including phenoxy) is 1. The summed E-state index contributed by atoms with van der Waals surface area (Å²) in [5.74, 6) is 0.0523. The molecule has 1 aromatic carbocycles. The molecular formula is C13H18BrFO. The van der Waals surface area contributed by atoms with E-state index in [0.29, 0.717) is 6.61 Å². The quantitative estimate of drug-likeness (QED) is 0.716. The van der Waals surface area contributed by atoms with Gasteiger partial charge in [-0.05, 0) is 37.8 Å². The van der Waals surface area contributed by atoms with Crippen molar-refractivity contribution < 1.29 is 9.13 Å². The van der Waals surface area contributed by atoms with Gasteiger partial charge in [-0.25, -0.2) is 4.39 Å². The summed E-state index contributed by atoms with van der Waals surface area (Å²) in [6.07, 6.45) is 1.07. The second-order valence-electron chi connectivity index (χ2n) is 4.08. The number of alkyl halides is 1. The summed E-state index contributed by atoms with van der Waals surface area (Å²) in [6, 6.07) is 6.94. The highest BCUT2D eigenvalue weighted by Crippen LogP contribution is 2.24. The highest BCUT2D eigenvalue weighted by molar-refractivity contribution is 9.09. The minimum Gasteiger partial charge on any atom is -0.379 e. The maximum atomic E-state index is 13.6. The summed E-state index contributed by atoms with van der Waals surface area (Å²) in [4.78, 5) is 0. The van der Waals surface area contributed by atoms with Gasteiger partial charge in [-0.15, -0.1) is 0 Å². The van der Waals surface area contributed by atoms with Crippen molar-refractivity contribution in [2.24, 2.45) is 0 Å². The fourth-order valence-electron chi connectivity index (χ4n) is 1.57. The zero-order valence-electron chi connectivity index (χ0n) is 9.75. The van der Waals surface area contributed by atoms with Crippen molar-refractivity contribution in [1.29, 1.82) is 0 Å². The van der Waals surface area contributed by atoms with Gasteiger partial charge in [0.15, 0.2) is 0 Å². The third-order valence-electron chi connectivity index (χ3n) is 2.45. The predicted octanol–water partition coefficient (Wildman–Crippen LogP) is 4.12. The summed E-state index contributed by atoms with van der Waals surface area (Å²) < 4.78 is 19.0. The van der Waals surface area contributed by atoms with Crippen LogP contribution in [0.3, 0.4) is 0 Å². The fourth-order valence-corrected chi connectivity index (χ4v) is 2.24. The van der Waals surface area contributed by atoms with E-state index in [9.17, 15) is 4.39 Å². The number of hydrogen-bond acceptors (Lipinski definition) is 1. The Kier molecular flexibility index (Phi) is 5.99. The highest BCUT2D eigenvalue weighted by atomic mass is 79.9. The molecule has 90 valence electrons. The maximum absolute atomic E-state index is 13.6. The van der Waals surface area contributed by atoms with Gasteiger partial charge in [-0.3, -0.25) is 0 Å². The van der Waals surface area contributed by atoms with Crippen LogP contribution in [-0.4, -0.2) is 18.0 Å². The zero-order valence-corrected chi connectivity index (χ0v) is 11.3. The average Bonchev–Trinajstić information content (AvgIpc) is 2.25. The van der Waals surface area contributed by atoms with Crippen LogP contribution >= 0.6 is 15.9 Å². The average molecular weight is 289 g/mol. The lowest BCUT2D eigenvalue weighted by atomic mass is 9.98. The molecule has 0 aliphatic rings. The first-order chi connectivity index (χ1) is 7.65. The van der Waals surface area contributed by atoms with Crippen LogP contribution in [0.15, 0.2) is 24.3 Å². The number of hydrogen-bond donors (Lipinski definition) is 0. The molecule has 1 atom stereocenters. The van der Waals surface area contributed by atoms with Gasteiger partial charge in [0.05, 0.1) is 6.10 Å². The molecule has 3 heteroatoms. The first-order valence-electron chi connectivity index (χ1n) is 5.57. The minimum atomic E-state index is -0.128. The van der Waals surface area contributed by atoms with Gasteiger partial charge in [0.25, 0.3) is 0 Å². The normalized spacial score (nSPS) is 13.1. The molecule has 0 saturated heterocycles. The Labute approximate surface area is 105 Å². The Hall–Kier alpha value is -0.410. The number of halogens is 2. The van der Waals surface area contributed by atoms with E-state index in [1.54, 1.807) is 6.07 Å². The second kappa shape index (κ2) is 7.02. The molecule has 1 nitrogen and oxygen atoms in total. The van der Waals surface area contributed by atoms with Crippen molar-refractivity contribution in [1.82, 2.24) is 0 Å². The first-order valence-corrected chi connectivity index (χ1v) is 6.69. The summed E-state index contributed by atoms with van der Waals surface area (Å²) >= 11 is 3.43. The largest absolute Gasteiger partial charge is 0.379 e. The Morgan fingerprint density at radius 1 is 1.31 bits per heavy atom. The molecule has 0 heterocycles. The molecule has 0 aromatic heterocycles. The zero-order chi connectivity index (χ0) is 12.0. The van der Waals surface area contributed by atoms with E-state index in [1.807, 2.05) is 26.0 Å². The van der Waals surface area contributed by atoms with Crippen LogP contribution in [0.2, 0.25) is 0 Å². The molecule has 0 bridgehead atoms. The highest BCUT2D eigenvalue weighted by Gasteiger charge is 2.14. The molecule has 0 radical (unpaired) electrons.